The molecular weight excluding hydrogens is 570 g/mol. The first kappa shape index (κ1) is 29.8. The van der Waals surface area contributed by atoms with E-state index in [4.69, 9.17) is 9.73 Å². The smallest absolute Gasteiger partial charge is 0.338 e. The zero-order valence-corrected chi connectivity index (χ0v) is 24.7. The fraction of sp³-hybridized carbons (Fsp3) is 0.258. The number of aromatic hydroxyl groups is 1. The zero-order chi connectivity index (χ0) is 30.6. The van der Waals surface area contributed by atoms with Gasteiger partial charge in [-0.3, -0.25) is 9.10 Å². The number of esters is 1. The average molecular weight is 604 g/mol. The number of piperazine rings is 1. The molecule has 11 nitrogen and oxygen atoms in total. The van der Waals surface area contributed by atoms with E-state index in [-0.39, 0.29) is 24.9 Å². The Morgan fingerprint density at radius 3 is 2.35 bits per heavy atom. The van der Waals surface area contributed by atoms with Gasteiger partial charge in [0.1, 0.15) is 6.54 Å². The van der Waals surface area contributed by atoms with Gasteiger partial charge in [0.05, 0.1) is 41.1 Å². The fourth-order valence-electron chi connectivity index (χ4n) is 4.98. The Bertz CT molecular complexity index is 1760. The van der Waals surface area contributed by atoms with Gasteiger partial charge in [0.25, 0.3) is 0 Å². The van der Waals surface area contributed by atoms with E-state index in [0.29, 0.717) is 65.3 Å². The van der Waals surface area contributed by atoms with Crippen molar-refractivity contribution in [3.63, 3.8) is 0 Å². The normalized spacial score (nSPS) is 14.1. The molecule has 1 fully saturated rings. The molecule has 1 aliphatic heterocycles. The minimum atomic E-state index is -3.75. The van der Waals surface area contributed by atoms with E-state index >= 15 is 0 Å². The van der Waals surface area contributed by atoms with Crippen LogP contribution in [0.15, 0.2) is 77.8 Å². The summed E-state index contributed by atoms with van der Waals surface area (Å²) in [4.78, 5) is 34.6. The lowest BCUT2D eigenvalue weighted by Crippen LogP contribution is -2.50. The average Bonchev–Trinajstić information content (AvgIpc) is 3.34. The summed E-state index contributed by atoms with van der Waals surface area (Å²) in [5, 5.41) is 14.8. The van der Waals surface area contributed by atoms with E-state index in [9.17, 15) is 23.1 Å². The van der Waals surface area contributed by atoms with Gasteiger partial charge in [-0.05, 0) is 43.3 Å². The number of aliphatic imine (C=N–C) groups is 1. The molecule has 1 saturated heterocycles. The topological polar surface area (TPSA) is 144 Å². The van der Waals surface area contributed by atoms with Crippen molar-refractivity contribution in [2.75, 3.05) is 49.9 Å². The molecule has 12 heteroatoms. The lowest BCUT2D eigenvalue weighted by atomic mass is 10.00. The van der Waals surface area contributed by atoms with Crippen molar-refractivity contribution in [2.24, 2.45) is 4.99 Å². The van der Waals surface area contributed by atoms with Crippen molar-refractivity contribution in [3.05, 3.63) is 89.5 Å². The standard InChI is InChI=1S/C31H33N5O6S/c1-3-42-31(39)22-9-14-25-26(19-22)34-30(38)28(25)29(21-7-5-4-6-8-21)33-23-10-12-24(13-11-23)36(43(2,40)41)20-27(37)35-17-15-32-16-18-35/h4-14,19,32,34,38H,3,15-18,20H2,1-2H3. The molecule has 43 heavy (non-hydrogen) atoms. The Labute approximate surface area is 249 Å². The number of aromatic nitrogens is 1. The van der Waals surface area contributed by atoms with Crippen LogP contribution in [0, 0.1) is 0 Å². The molecule has 3 N–H and O–H groups in total. The molecule has 1 aromatic heterocycles. The molecule has 0 bridgehead atoms. The van der Waals surface area contributed by atoms with Crippen molar-refractivity contribution < 1.29 is 27.9 Å². The van der Waals surface area contributed by atoms with E-state index in [0.717, 1.165) is 16.1 Å². The Balaban J connectivity index is 1.51. The number of fused-ring (bicyclic) bond motifs is 1. The second kappa shape index (κ2) is 12.7. The van der Waals surface area contributed by atoms with Crippen LogP contribution in [0.2, 0.25) is 0 Å². The third kappa shape index (κ3) is 6.71. The van der Waals surface area contributed by atoms with E-state index in [1.165, 1.54) is 0 Å². The van der Waals surface area contributed by atoms with Crippen LogP contribution in [0.25, 0.3) is 10.9 Å². The number of sulfonamides is 1. The molecule has 0 saturated carbocycles. The number of aromatic amines is 1. The molecule has 4 aromatic rings. The first-order chi connectivity index (χ1) is 20.7. The predicted octanol–water partition coefficient (Wildman–Crippen LogP) is 3.42. The van der Waals surface area contributed by atoms with E-state index in [1.807, 2.05) is 30.3 Å². The van der Waals surface area contributed by atoms with Crippen molar-refractivity contribution >= 4 is 49.9 Å². The number of ether oxygens (including phenoxy) is 1. The molecular formula is C31H33N5O6S. The first-order valence-corrected chi connectivity index (χ1v) is 15.7. The summed E-state index contributed by atoms with van der Waals surface area (Å²) in [5.41, 5.74) is 3.37. The van der Waals surface area contributed by atoms with Crippen LogP contribution in [-0.4, -0.2) is 86.6 Å². The minimum absolute atomic E-state index is 0.120. The predicted molar refractivity (Wildman–Crippen MR) is 166 cm³/mol. The minimum Gasteiger partial charge on any atom is -0.494 e. The van der Waals surface area contributed by atoms with Gasteiger partial charge in [-0.1, -0.05) is 36.4 Å². The maximum Gasteiger partial charge on any atom is 0.338 e. The molecule has 224 valence electrons. The van der Waals surface area contributed by atoms with Crippen LogP contribution in [-0.2, 0) is 19.6 Å². The Hall–Kier alpha value is -4.68. The van der Waals surface area contributed by atoms with Gasteiger partial charge < -0.3 is 25.0 Å². The number of hydrogen-bond acceptors (Lipinski definition) is 8. The number of carbonyl (C=O) groups is 2. The van der Waals surface area contributed by atoms with Crippen molar-refractivity contribution in [1.29, 1.82) is 0 Å². The molecule has 2 heterocycles. The summed E-state index contributed by atoms with van der Waals surface area (Å²) in [6, 6.07) is 20.8. The fourth-order valence-corrected chi connectivity index (χ4v) is 5.83. The summed E-state index contributed by atoms with van der Waals surface area (Å²) in [6.07, 6.45) is 1.07. The van der Waals surface area contributed by atoms with E-state index < -0.39 is 16.0 Å². The Morgan fingerprint density at radius 1 is 1.00 bits per heavy atom. The Kier molecular flexibility index (Phi) is 8.78. The van der Waals surface area contributed by atoms with Gasteiger partial charge in [-0.25, -0.2) is 18.2 Å². The zero-order valence-electron chi connectivity index (χ0n) is 23.9. The van der Waals surface area contributed by atoms with Crippen molar-refractivity contribution in [2.45, 2.75) is 6.92 Å². The highest BCUT2D eigenvalue weighted by atomic mass is 32.2. The van der Waals surface area contributed by atoms with Gasteiger partial charge in [0, 0.05) is 42.6 Å². The second-order valence-corrected chi connectivity index (χ2v) is 12.0. The highest BCUT2D eigenvalue weighted by molar-refractivity contribution is 7.92. The highest BCUT2D eigenvalue weighted by Gasteiger charge is 2.25. The third-order valence-electron chi connectivity index (χ3n) is 7.10. The van der Waals surface area contributed by atoms with Crippen LogP contribution < -0.4 is 9.62 Å². The van der Waals surface area contributed by atoms with Gasteiger partial charge in [0.15, 0.2) is 5.88 Å². The highest BCUT2D eigenvalue weighted by Crippen LogP contribution is 2.33. The number of H-pyrrole nitrogens is 1. The summed E-state index contributed by atoms with van der Waals surface area (Å²) in [6.45, 7) is 4.06. The maximum atomic E-state index is 12.9. The summed E-state index contributed by atoms with van der Waals surface area (Å²) in [5.74, 6) is -0.846. The molecule has 3 aromatic carbocycles. The Morgan fingerprint density at radius 2 is 1.70 bits per heavy atom. The number of rotatable bonds is 9. The van der Waals surface area contributed by atoms with Crippen molar-refractivity contribution in [3.8, 4) is 5.88 Å². The number of nitrogens with one attached hydrogen (secondary N) is 2. The van der Waals surface area contributed by atoms with Crippen LogP contribution in [0.5, 0.6) is 5.88 Å². The molecule has 0 unspecified atom stereocenters. The molecule has 0 radical (unpaired) electrons. The first-order valence-electron chi connectivity index (χ1n) is 13.9. The quantitative estimate of drug-likeness (QED) is 0.196. The van der Waals surface area contributed by atoms with Crippen LogP contribution in [0.1, 0.15) is 28.4 Å². The largest absolute Gasteiger partial charge is 0.494 e. The molecule has 0 aliphatic carbocycles. The van der Waals surface area contributed by atoms with Crippen LogP contribution in [0.3, 0.4) is 0 Å². The monoisotopic (exact) mass is 603 g/mol. The number of carbonyl (C=O) groups excluding carboxylic acids is 2. The number of amides is 1. The van der Waals surface area contributed by atoms with Crippen molar-refractivity contribution in [1.82, 2.24) is 15.2 Å². The SMILES string of the molecule is CCOC(=O)c1ccc2c(C(=Nc3ccc(N(CC(=O)N4CCNCC4)S(C)(=O)=O)cc3)c3ccccc3)c(O)[nH]c2c1. The van der Waals surface area contributed by atoms with Crippen LogP contribution in [0.4, 0.5) is 11.4 Å². The lowest BCUT2D eigenvalue weighted by molar-refractivity contribution is -0.130. The number of anilines is 1. The molecule has 0 spiro atoms. The molecule has 1 aliphatic rings. The summed E-state index contributed by atoms with van der Waals surface area (Å²) < 4.78 is 31.5. The second-order valence-electron chi connectivity index (χ2n) is 10.1. The molecule has 0 atom stereocenters. The third-order valence-corrected chi connectivity index (χ3v) is 8.24. The van der Waals surface area contributed by atoms with E-state index in [2.05, 4.69) is 10.3 Å². The maximum absolute atomic E-state index is 12.9. The summed E-state index contributed by atoms with van der Waals surface area (Å²) in [7, 11) is -3.75. The van der Waals surface area contributed by atoms with E-state index in [1.54, 1.807) is 54.3 Å². The van der Waals surface area contributed by atoms with Gasteiger partial charge in [-0.15, -0.1) is 0 Å². The van der Waals surface area contributed by atoms with Gasteiger partial charge in [0.2, 0.25) is 15.9 Å². The van der Waals surface area contributed by atoms with Crippen LogP contribution >= 0.6 is 0 Å². The summed E-state index contributed by atoms with van der Waals surface area (Å²) >= 11 is 0. The number of nitrogens with zero attached hydrogens (tertiary/aromatic N) is 3. The van der Waals surface area contributed by atoms with Gasteiger partial charge >= 0.3 is 5.97 Å². The number of benzene rings is 3. The van der Waals surface area contributed by atoms with Gasteiger partial charge in [-0.2, -0.15) is 0 Å². The lowest BCUT2D eigenvalue weighted by Gasteiger charge is -2.30. The molecule has 5 rings (SSSR count). The number of hydrogen-bond donors (Lipinski definition) is 3. The molecule has 1 amide bonds.